The molecule has 4 N–H and O–H groups in total. The van der Waals surface area contributed by atoms with Gasteiger partial charge in [0.15, 0.2) is 0 Å². The first-order chi connectivity index (χ1) is 13.1. The largest absolute Gasteiger partial charge is 0.858 e. The zero-order valence-electron chi connectivity index (χ0n) is 15.3. The second-order valence-electron chi connectivity index (χ2n) is 6.11. The maximum absolute atomic E-state index is 13.1. The van der Waals surface area contributed by atoms with Gasteiger partial charge in [-0.1, -0.05) is 17.7 Å². The molecule has 1 aromatic heterocycles. The highest BCUT2D eigenvalue weighted by molar-refractivity contribution is 7.90. The van der Waals surface area contributed by atoms with Gasteiger partial charge in [-0.15, -0.1) is 0 Å². The Morgan fingerprint density at radius 2 is 1.83 bits per heavy atom. The Bertz CT molecular complexity index is 1010. The summed E-state index contributed by atoms with van der Waals surface area (Å²) in [5, 5.41) is 11.9. The van der Waals surface area contributed by atoms with Crippen LogP contribution in [0.15, 0.2) is 45.8 Å². The molecule has 0 aliphatic carbocycles. The summed E-state index contributed by atoms with van der Waals surface area (Å²) in [4.78, 5) is 5.64. The van der Waals surface area contributed by atoms with Gasteiger partial charge in [0.25, 0.3) is 10.0 Å². The zero-order chi connectivity index (χ0) is 20.5. The number of halogens is 4. The molecule has 1 aliphatic heterocycles. The van der Waals surface area contributed by atoms with Crippen molar-refractivity contribution in [2.24, 2.45) is 4.40 Å². The van der Waals surface area contributed by atoms with Crippen molar-refractivity contribution in [1.29, 1.82) is 0 Å². The molecule has 2 heterocycles. The average molecular weight is 451 g/mol. The van der Waals surface area contributed by atoms with E-state index in [4.69, 9.17) is 11.6 Å². The molecule has 0 radical (unpaired) electrons. The molecule has 0 amide bonds. The number of pyridine rings is 1. The summed E-state index contributed by atoms with van der Waals surface area (Å²) in [6.45, 7) is 1.61. The van der Waals surface area contributed by atoms with Crippen molar-refractivity contribution >= 4 is 33.3 Å². The Balaban J connectivity index is 0.00000300. The van der Waals surface area contributed by atoms with Crippen LogP contribution in [-0.4, -0.2) is 32.4 Å². The third kappa shape index (κ3) is 5.17. The second-order valence-corrected chi connectivity index (χ2v) is 8.15. The fourth-order valence-electron chi connectivity index (χ4n) is 2.81. The SMILES string of the molecule is O=S(=O)(/N=C(\[O-])c1ccc(Cl)cc1C(F)(F)F)c1ccc(N2CCCC2)nc1.[NH4+]. The van der Waals surface area contributed by atoms with Gasteiger partial charge in [-0.2, -0.15) is 26.0 Å². The van der Waals surface area contributed by atoms with E-state index < -0.39 is 33.2 Å². The average Bonchev–Trinajstić information content (AvgIpc) is 3.15. The minimum Gasteiger partial charge on any atom is -0.858 e. The molecule has 0 unspecified atom stereocenters. The number of hydrogen-bond donors (Lipinski definition) is 1. The van der Waals surface area contributed by atoms with Gasteiger partial charge >= 0.3 is 6.18 Å². The molecule has 0 atom stereocenters. The number of nitrogens with zero attached hydrogens (tertiary/aromatic N) is 3. The van der Waals surface area contributed by atoms with Crippen LogP contribution in [0.2, 0.25) is 5.02 Å². The number of aromatic nitrogens is 1. The Hall–Kier alpha value is -2.37. The van der Waals surface area contributed by atoms with E-state index in [2.05, 4.69) is 9.38 Å². The summed E-state index contributed by atoms with van der Waals surface area (Å²) in [5.74, 6) is -0.951. The van der Waals surface area contributed by atoms with E-state index >= 15 is 0 Å². The molecule has 1 saturated heterocycles. The summed E-state index contributed by atoms with van der Waals surface area (Å²) >= 11 is 5.55. The lowest BCUT2D eigenvalue weighted by Gasteiger charge is -2.18. The van der Waals surface area contributed by atoms with Gasteiger partial charge in [0.2, 0.25) is 0 Å². The van der Waals surface area contributed by atoms with E-state index in [1.165, 1.54) is 12.1 Å². The van der Waals surface area contributed by atoms with Crippen LogP contribution in [0.3, 0.4) is 0 Å². The Morgan fingerprint density at radius 3 is 2.38 bits per heavy atom. The molecule has 0 bridgehead atoms. The van der Waals surface area contributed by atoms with E-state index in [1.54, 1.807) is 0 Å². The van der Waals surface area contributed by atoms with Crippen molar-refractivity contribution in [3.63, 3.8) is 0 Å². The summed E-state index contributed by atoms with van der Waals surface area (Å²) < 4.78 is 67.0. The number of quaternary nitrogens is 1. The molecular formula is C17H18ClF3N4O3S. The fraction of sp³-hybridized carbons (Fsp3) is 0.294. The third-order valence-corrected chi connectivity index (χ3v) is 5.65. The van der Waals surface area contributed by atoms with Crippen LogP contribution in [0.4, 0.5) is 19.0 Å². The van der Waals surface area contributed by atoms with Gasteiger partial charge in [-0.25, -0.2) is 4.98 Å². The van der Waals surface area contributed by atoms with E-state index in [1.807, 2.05) is 4.90 Å². The van der Waals surface area contributed by atoms with Gasteiger partial charge in [0.1, 0.15) is 10.7 Å². The Kier molecular flexibility index (Phi) is 6.76. The maximum atomic E-state index is 13.1. The molecule has 3 rings (SSSR count). The predicted molar refractivity (Wildman–Crippen MR) is 102 cm³/mol. The van der Waals surface area contributed by atoms with Crippen LogP contribution in [0.5, 0.6) is 0 Å². The topological polar surface area (TPSA) is 122 Å². The van der Waals surface area contributed by atoms with Crippen LogP contribution in [0.1, 0.15) is 24.0 Å². The molecule has 0 saturated carbocycles. The Morgan fingerprint density at radius 1 is 1.17 bits per heavy atom. The molecule has 7 nitrogen and oxygen atoms in total. The smallest absolute Gasteiger partial charge is 0.417 e. The van der Waals surface area contributed by atoms with Crippen molar-refractivity contribution < 1.29 is 26.7 Å². The van der Waals surface area contributed by atoms with Gasteiger partial charge in [-0.05, 0) is 42.7 Å². The normalized spacial score (nSPS) is 15.3. The van der Waals surface area contributed by atoms with E-state index in [9.17, 15) is 26.7 Å². The van der Waals surface area contributed by atoms with Crippen molar-refractivity contribution in [3.05, 3.63) is 52.7 Å². The summed E-state index contributed by atoms with van der Waals surface area (Å²) in [5.41, 5.74) is -2.26. The number of sulfonamides is 1. The minimum atomic E-state index is -4.89. The lowest BCUT2D eigenvalue weighted by atomic mass is 10.1. The van der Waals surface area contributed by atoms with Crippen molar-refractivity contribution in [2.45, 2.75) is 23.9 Å². The van der Waals surface area contributed by atoms with Crippen molar-refractivity contribution in [1.82, 2.24) is 11.1 Å². The summed E-state index contributed by atoms with van der Waals surface area (Å²) in [7, 11) is -4.53. The van der Waals surface area contributed by atoms with Crippen LogP contribution >= 0.6 is 11.6 Å². The minimum absolute atomic E-state index is 0. The number of rotatable bonds is 4. The van der Waals surface area contributed by atoms with Gasteiger partial charge in [0.05, 0.1) is 5.56 Å². The first-order valence-electron chi connectivity index (χ1n) is 8.18. The van der Waals surface area contributed by atoms with E-state index in [0.29, 0.717) is 11.9 Å². The number of benzene rings is 1. The van der Waals surface area contributed by atoms with Crippen LogP contribution in [0, 0.1) is 0 Å². The highest BCUT2D eigenvalue weighted by Crippen LogP contribution is 2.34. The molecule has 29 heavy (non-hydrogen) atoms. The van der Waals surface area contributed by atoms with E-state index in [-0.39, 0.29) is 16.1 Å². The molecule has 0 spiro atoms. The molecular weight excluding hydrogens is 433 g/mol. The summed E-state index contributed by atoms with van der Waals surface area (Å²) in [6.07, 6.45) is -1.84. The molecule has 1 fully saturated rings. The van der Waals surface area contributed by atoms with Gasteiger partial charge in [-0.3, -0.25) is 0 Å². The zero-order valence-corrected chi connectivity index (χ0v) is 16.9. The van der Waals surface area contributed by atoms with Crippen molar-refractivity contribution in [3.8, 4) is 0 Å². The molecule has 12 heteroatoms. The molecule has 1 aromatic carbocycles. The van der Waals surface area contributed by atoms with Crippen LogP contribution in [0.25, 0.3) is 0 Å². The Labute approximate surface area is 170 Å². The van der Waals surface area contributed by atoms with Gasteiger partial charge in [0, 0.05) is 30.2 Å². The monoisotopic (exact) mass is 450 g/mol. The van der Waals surface area contributed by atoms with E-state index in [0.717, 1.165) is 44.3 Å². The lowest BCUT2D eigenvalue weighted by Crippen LogP contribution is -2.25. The summed E-state index contributed by atoms with van der Waals surface area (Å²) in [6, 6.07) is 5.09. The highest BCUT2D eigenvalue weighted by Gasteiger charge is 2.34. The quantitative estimate of drug-likeness (QED) is 0.566. The molecule has 158 valence electrons. The predicted octanol–water partition coefficient (Wildman–Crippen LogP) is 3.23. The standard InChI is InChI=1S/C17H15ClF3N3O3S.H3N/c18-11-3-5-13(14(9-11)17(19,20)21)16(25)23-28(26,27)12-4-6-15(22-10-12)24-7-1-2-8-24;/h3-6,9-10H,1-2,7-8H2,(H,23,25);1H3. The van der Waals surface area contributed by atoms with Gasteiger partial charge < -0.3 is 16.2 Å². The molecule has 2 aromatic rings. The van der Waals surface area contributed by atoms with Crippen molar-refractivity contribution in [2.75, 3.05) is 18.0 Å². The lowest BCUT2D eigenvalue weighted by molar-refractivity contribution is -0.213. The van der Waals surface area contributed by atoms with Crippen LogP contribution in [-0.2, 0) is 16.2 Å². The first kappa shape index (κ1) is 22.9. The fourth-order valence-corrected chi connectivity index (χ4v) is 3.83. The molecule has 1 aliphatic rings. The second kappa shape index (κ2) is 8.56. The maximum Gasteiger partial charge on any atom is 0.417 e. The first-order valence-corrected chi connectivity index (χ1v) is 10.00. The number of hydrogen-bond acceptors (Lipinski definition) is 5. The number of anilines is 1. The van der Waals surface area contributed by atoms with Crippen LogP contribution < -0.4 is 16.2 Å². The number of alkyl halides is 3. The third-order valence-electron chi connectivity index (χ3n) is 4.17. The highest BCUT2D eigenvalue weighted by atomic mass is 35.5.